The van der Waals surface area contributed by atoms with Crippen molar-refractivity contribution in [3.05, 3.63) is 54.1 Å². The lowest BCUT2D eigenvalue weighted by atomic mass is 9.95. The Morgan fingerprint density at radius 2 is 2.22 bits per heavy atom. The van der Waals surface area contributed by atoms with E-state index in [0.29, 0.717) is 32.5 Å². The predicted molar refractivity (Wildman–Crippen MR) is 99.6 cm³/mol. The average Bonchev–Trinajstić information content (AvgIpc) is 2.70. The number of carbonyl (C=O) groups is 2. The topological polar surface area (TPSA) is 75.6 Å². The van der Waals surface area contributed by atoms with Gasteiger partial charge in [0, 0.05) is 39.0 Å². The third kappa shape index (κ3) is 4.81. The fraction of sp³-hybridized carbons (Fsp3) is 0.400. The first kappa shape index (κ1) is 18.8. The molecule has 2 aromatic rings. The molecule has 27 heavy (non-hydrogen) atoms. The second kappa shape index (κ2) is 8.62. The summed E-state index contributed by atoms with van der Waals surface area (Å²) < 4.78 is 5.24. The van der Waals surface area contributed by atoms with Gasteiger partial charge in [-0.05, 0) is 24.1 Å². The lowest BCUT2D eigenvalue weighted by Crippen LogP contribution is -2.45. The van der Waals surface area contributed by atoms with E-state index < -0.39 is 0 Å². The Balaban J connectivity index is 1.63. The Morgan fingerprint density at radius 1 is 1.37 bits per heavy atom. The maximum absolute atomic E-state index is 12.8. The Bertz CT molecular complexity index is 797. The Hall–Kier alpha value is -2.96. The molecule has 1 aromatic heterocycles. The molecule has 1 fully saturated rings. The van der Waals surface area contributed by atoms with E-state index in [1.165, 1.54) is 0 Å². The molecular formula is C20H24N4O3. The Labute approximate surface area is 159 Å². The van der Waals surface area contributed by atoms with Crippen LogP contribution in [0.2, 0.25) is 0 Å². The summed E-state index contributed by atoms with van der Waals surface area (Å²) in [4.78, 5) is 36.8. The smallest absolute Gasteiger partial charge is 0.227 e. The summed E-state index contributed by atoms with van der Waals surface area (Å²) in [6.45, 7) is 1.32. The van der Waals surface area contributed by atoms with Crippen LogP contribution in [0.25, 0.3) is 0 Å². The van der Waals surface area contributed by atoms with Gasteiger partial charge in [0.25, 0.3) is 0 Å². The third-order valence-corrected chi connectivity index (χ3v) is 4.75. The van der Waals surface area contributed by atoms with Gasteiger partial charge in [0.15, 0.2) is 0 Å². The van der Waals surface area contributed by atoms with Gasteiger partial charge in [-0.2, -0.15) is 0 Å². The Kier molecular flexibility index (Phi) is 6.01. The highest BCUT2D eigenvalue weighted by atomic mass is 16.5. The van der Waals surface area contributed by atoms with Crippen molar-refractivity contribution < 1.29 is 14.3 Å². The van der Waals surface area contributed by atoms with Crippen molar-refractivity contribution in [1.29, 1.82) is 0 Å². The third-order valence-electron chi connectivity index (χ3n) is 4.75. The maximum atomic E-state index is 12.8. The minimum Gasteiger partial charge on any atom is -0.497 e. The molecule has 1 unspecified atom stereocenters. The van der Waals surface area contributed by atoms with Crippen LogP contribution in [0.5, 0.6) is 5.75 Å². The van der Waals surface area contributed by atoms with Crippen LogP contribution in [0.3, 0.4) is 0 Å². The number of nitrogens with zero attached hydrogens (tertiary/aromatic N) is 4. The van der Waals surface area contributed by atoms with E-state index in [2.05, 4.69) is 9.97 Å². The summed E-state index contributed by atoms with van der Waals surface area (Å²) in [7, 11) is 3.38. The van der Waals surface area contributed by atoms with Gasteiger partial charge < -0.3 is 14.5 Å². The van der Waals surface area contributed by atoms with Gasteiger partial charge in [-0.15, -0.1) is 0 Å². The number of amides is 2. The summed E-state index contributed by atoms with van der Waals surface area (Å²) >= 11 is 0. The molecule has 1 atom stereocenters. The summed E-state index contributed by atoms with van der Waals surface area (Å²) in [6.07, 6.45) is 5.84. The molecule has 0 N–H and O–H groups in total. The van der Waals surface area contributed by atoms with E-state index in [-0.39, 0.29) is 17.7 Å². The zero-order chi connectivity index (χ0) is 19.2. The number of likely N-dealkylation sites (tertiary alicyclic amines) is 1. The number of methoxy groups -OCH3 is 1. The largest absolute Gasteiger partial charge is 0.497 e. The molecule has 0 saturated carbocycles. The molecule has 0 radical (unpaired) electrons. The molecule has 2 heterocycles. The predicted octanol–water partition coefficient (Wildman–Crippen LogP) is 1.88. The van der Waals surface area contributed by atoms with E-state index in [1.54, 1.807) is 42.5 Å². The average molecular weight is 368 g/mol. The summed E-state index contributed by atoms with van der Waals surface area (Å²) in [5.74, 6) is 0.672. The van der Waals surface area contributed by atoms with Crippen molar-refractivity contribution in [3.63, 3.8) is 0 Å². The monoisotopic (exact) mass is 368 g/mol. The van der Waals surface area contributed by atoms with Crippen molar-refractivity contribution >= 4 is 11.8 Å². The minimum absolute atomic E-state index is 0.0313. The van der Waals surface area contributed by atoms with Gasteiger partial charge in [-0.1, -0.05) is 12.1 Å². The van der Waals surface area contributed by atoms with Crippen molar-refractivity contribution in [2.75, 3.05) is 20.7 Å². The first-order valence-corrected chi connectivity index (χ1v) is 8.97. The number of benzene rings is 1. The molecule has 1 aromatic carbocycles. The first-order valence-electron chi connectivity index (χ1n) is 8.97. The van der Waals surface area contributed by atoms with Crippen LogP contribution in [0, 0.1) is 5.92 Å². The zero-order valence-electron chi connectivity index (χ0n) is 15.7. The number of hydrogen-bond donors (Lipinski definition) is 0. The molecule has 1 aliphatic rings. The quantitative estimate of drug-likeness (QED) is 0.778. The van der Waals surface area contributed by atoms with Gasteiger partial charge in [-0.3, -0.25) is 19.6 Å². The zero-order valence-corrected chi connectivity index (χ0v) is 15.7. The molecule has 142 valence electrons. The van der Waals surface area contributed by atoms with Gasteiger partial charge in [0.05, 0.1) is 31.5 Å². The van der Waals surface area contributed by atoms with E-state index >= 15 is 0 Å². The van der Waals surface area contributed by atoms with Gasteiger partial charge in [-0.25, -0.2) is 0 Å². The number of aromatic nitrogens is 2. The normalized spacial score (nSPS) is 16.9. The highest BCUT2D eigenvalue weighted by Gasteiger charge is 2.32. The Morgan fingerprint density at radius 3 is 2.96 bits per heavy atom. The van der Waals surface area contributed by atoms with Crippen LogP contribution in [0.1, 0.15) is 24.1 Å². The summed E-state index contributed by atoms with van der Waals surface area (Å²) in [5, 5.41) is 0. The molecule has 3 rings (SSSR count). The summed E-state index contributed by atoms with van der Waals surface area (Å²) in [6, 6.07) is 7.65. The van der Waals surface area contributed by atoms with Gasteiger partial charge >= 0.3 is 0 Å². The highest BCUT2D eigenvalue weighted by Crippen LogP contribution is 2.23. The van der Waals surface area contributed by atoms with Crippen LogP contribution < -0.4 is 4.74 Å². The SMILES string of the molecule is COc1cccc(CN2CC(C(=O)N(C)Cc3cnccn3)CCC2=O)c1. The first-order chi connectivity index (χ1) is 13.1. The molecule has 7 nitrogen and oxygen atoms in total. The number of ether oxygens (including phenoxy) is 1. The standard InChI is InChI=1S/C20H24N4O3/c1-23(14-17-11-21-8-9-22-17)20(26)16-6-7-19(25)24(13-16)12-15-4-3-5-18(10-15)27-2/h3-5,8-11,16H,6-7,12-14H2,1-2H3. The van der Waals surface area contributed by atoms with Gasteiger partial charge in [0.1, 0.15) is 5.75 Å². The fourth-order valence-corrected chi connectivity index (χ4v) is 3.30. The van der Waals surface area contributed by atoms with E-state index in [1.807, 2.05) is 24.3 Å². The van der Waals surface area contributed by atoms with Crippen molar-refractivity contribution in [3.8, 4) is 5.75 Å². The van der Waals surface area contributed by atoms with E-state index in [0.717, 1.165) is 17.0 Å². The minimum atomic E-state index is -0.199. The molecular weight excluding hydrogens is 344 g/mol. The van der Waals surface area contributed by atoms with E-state index in [4.69, 9.17) is 4.74 Å². The highest BCUT2D eigenvalue weighted by molar-refractivity contribution is 5.83. The molecule has 7 heteroatoms. The lowest BCUT2D eigenvalue weighted by molar-refractivity contribution is -0.143. The van der Waals surface area contributed by atoms with Crippen LogP contribution in [0.15, 0.2) is 42.9 Å². The number of carbonyl (C=O) groups excluding carboxylic acids is 2. The molecule has 1 saturated heterocycles. The number of rotatable bonds is 6. The lowest BCUT2D eigenvalue weighted by Gasteiger charge is -2.34. The summed E-state index contributed by atoms with van der Waals surface area (Å²) in [5.41, 5.74) is 1.73. The second-order valence-corrected chi connectivity index (χ2v) is 6.75. The number of hydrogen-bond acceptors (Lipinski definition) is 5. The second-order valence-electron chi connectivity index (χ2n) is 6.75. The van der Waals surface area contributed by atoms with Crippen molar-refractivity contribution in [1.82, 2.24) is 19.8 Å². The van der Waals surface area contributed by atoms with Crippen LogP contribution in [-0.4, -0.2) is 52.3 Å². The number of piperidine rings is 1. The van der Waals surface area contributed by atoms with Gasteiger partial charge in [0.2, 0.25) is 11.8 Å². The van der Waals surface area contributed by atoms with E-state index in [9.17, 15) is 9.59 Å². The fourth-order valence-electron chi connectivity index (χ4n) is 3.30. The molecule has 0 spiro atoms. The van der Waals surface area contributed by atoms with Crippen LogP contribution >= 0.6 is 0 Å². The molecule has 0 aliphatic carbocycles. The molecule has 2 amide bonds. The van der Waals surface area contributed by atoms with Crippen LogP contribution in [0.4, 0.5) is 0 Å². The van der Waals surface area contributed by atoms with Crippen molar-refractivity contribution in [2.45, 2.75) is 25.9 Å². The maximum Gasteiger partial charge on any atom is 0.227 e. The molecule has 0 bridgehead atoms. The van der Waals surface area contributed by atoms with Crippen molar-refractivity contribution in [2.24, 2.45) is 5.92 Å². The van der Waals surface area contributed by atoms with Crippen LogP contribution in [-0.2, 0) is 22.7 Å². The molecule has 1 aliphatic heterocycles.